The molecule has 114 valence electrons. The highest BCUT2D eigenvalue weighted by Gasteiger charge is 2.18. The highest BCUT2D eigenvalue weighted by Crippen LogP contribution is 2.27. The third-order valence-corrected chi connectivity index (χ3v) is 4.82. The van der Waals surface area contributed by atoms with Crippen LogP contribution in [0.1, 0.15) is 36.3 Å². The van der Waals surface area contributed by atoms with Crippen LogP contribution in [0.2, 0.25) is 5.02 Å². The van der Waals surface area contributed by atoms with Crippen molar-refractivity contribution in [2.24, 2.45) is 7.05 Å². The molecule has 0 saturated carbocycles. The van der Waals surface area contributed by atoms with Crippen LogP contribution in [0.5, 0.6) is 0 Å². The first-order valence-electron chi connectivity index (χ1n) is 7.19. The molecule has 1 atom stereocenters. The van der Waals surface area contributed by atoms with Gasteiger partial charge in [0.2, 0.25) is 0 Å². The van der Waals surface area contributed by atoms with Crippen molar-refractivity contribution >= 4 is 27.5 Å². The molecule has 1 heterocycles. The zero-order valence-electron chi connectivity index (χ0n) is 12.7. The quantitative estimate of drug-likeness (QED) is 0.815. The van der Waals surface area contributed by atoms with Crippen LogP contribution in [0, 0.1) is 6.92 Å². The van der Waals surface area contributed by atoms with Crippen LogP contribution in [-0.2, 0) is 13.5 Å². The summed E-state index contributed by atoms with van der Waals surface area (Å²) in [7, 11) is 1.99. The van der Waals surface area contributed by atoms with Crippen molar-refractivity contribution < 1.29 is 0 Å². The Bertz CT molecular complexity index is 610. The number of hydrogen-bond donors (Lipinski definition) is 1. The van der Waals surface area contributed by atoms with E-state index in [0.717, 1.165) is 34.6 Å². The monoisotopic (exact) mass is 369 g/mol. The summed E-state index contributed by atoms with van der Waals surface area (Å²) in [6, 6.07) is 8.30. The Labute approximate surface area is 139 Å². The van der Waals surface area contributed by atoms with Gasteiger partial charge in [-0.1, -0.05) is 30.7 Å². The molecule has 0 amide bonds. The Morgan fingerprint density at radius 1 is 1.43 bits per heavy atom. The predicted molar refractivity (Wildman–Crippen MR) is 91.8 cm³/mol. The minimum atomic E-state index is 0.231. The van der Waals surface area contributed by atoms with Crippen molar-refractivity contribution in [1.29, 1.82) is 0 Å². The molecule has 1 aromatic heterocycles. The second-order valence-electron chi connectivity index (χ2n) is 5.24. The molecular weight excluding hydrogens is 350 g/mol. The van der Waals surface area contributed by atoms with E-state index in [1.807, 2.05) is 36.9 Å². The van der Waals surface area contributed by atoms with Crippen LogP contribution < -0.4 is 5.32 Å². The van der Waals surface area contributed by atoms with Crippen molar-refractivity contribution in [1.82, 2.24) is 15.1 Å². The molecule has 0 bridgehead atoms. The fourth-order valence-electron chi connectivity index (χ4n) is 2.44. The van der Waals surface area contributed by atoms with E-state index in [4.69, 9.17) is 11.6 Å². The highest BCUT2D eigenvalue weighted by molar-refractivity contribution is 9.10. The molecule has 5 heteroatoms. The first-order chi connectivity index (χ1) is 10.0. The second-order valence-corrected chi connectivity index (χ2v) is 6.46. The van der Waals surface area contributed by atoms with Gasteiger partial charge in [-0.05, 0) is 53.5 Å². The zero-order valence-corrected chi connectivity index (χ0v) is 15.0. The lowest BCUT2D eigenvalue weighted by Gasteiger charge is -2.20. The molecule has 0 aliphatic heterocycles. The number of halogens is 2. The number of nitrogens with one attached hydrogen (secondary N) is 1. The lowest BCUT2D eigenvalue weighted by Crippen LogP contribution is -2.25. The summed E-state index contributed by atoms with van der Waals surface area (Å²) in [4.78, 5) is 0. The molecule has 0 aliphatic rings. The summed E-state index contributed by atoms with van der Waals surface area (Å²) in [6.45, 7) is 5.17. The molecule has 0 fully saturated rings. The number of rotatable bonds is 6. The minimum Gasteiger partial charge on any atom is -0.310 e. The van der Waals surface area contributed by atoms with Crippen molar-refractivity contribution in [2.75, 3.05) is 6.54 Å². The first kappa shape index (κ1) is 16.5. The lowest BCUT2D eigenvalue weighted by molar-refractivity contribution is 0.511. The van der Waals surface area contributed by atoms with E-state index in [9.17, 15) is 0 Å². The van der Waals surface area contributed by atoms with E-state index < -0.39 is 0 Å². The maximum Gasteiger partial charge on any atom is 0.0738 e. The Morgan fingerprint density at radius 2 is 2.19 bits per heavy atom. The minimum absolute atomic E-state index is 0.231. The second kappa shape index (κ2) is 7.43. The molecule has 2 aromatic rings. The number of nitrogens with zero attached hydrogens (tertiary/aromatic N) is 2. The van der Waals surface area contributed by atoms with Crippen molar-refractivity contribution in [2.45, 2.75) is 32.7 Å². The molecule has 1 unspecified atom stereocenters. The molecule has 2 rings (SSSR count). The van der Waals surface area contributed by atoms with E-state index in [2.05, 4.69) is 39.3 Å². The molecular formula is C16H21BrClN3. The smallest absolute Gasteiger partial charge is 0.0738 e. The van der Waals surface area contributed by atoms with Gasteiger partial charge in [0.1, 0.15) is 0 Å². The lowest BCUT2D eigenvalue weighted by atomic mass is 10.0. The summed E-state index contributed by atoms with van der Waals surface area (Å²) in [5.41, 5.74) is 3.43. The van der Waals surface area contributed by atoms with Gasteiger partial charge in [0.25, 0.3) is 0 Å². The van der Waals surface area contributed by atoms with E-state index in [1.165, 1.54) is 11.3 Å². The van der Waals surface area contributed by atoms with Gasteiger partial charge in [0, 0.05) is 24.5 Å². The summed E-state index contributed by atoms with van der Waals surface area (Å²) in [5.74, 6) is 0. The Balaban J connectivity index is 2.28. The van der Waals surface area contributed by atoms with Crippen LogP contribution >= 0.6 is 27.5 Å². The van der Waals surface area contributed by atoms with Crippen LogP contribution in [0.4, 0.5) is 0 Å². The van der Waals surface area contributed by atoms with Crippen LogP contribution in [-0.4, -0.2) is 16.3 Å². The van der Waals surface area contributed by atoms with E-state index in [-0.39, 0.29) is 6.04 Å². The van der Waals surface area contributed by atoms with E-state index in [1.54, 1.807) is 0 Å². The molecule has 1 aromatic carbocycles. The summed E-state index contributed by atoms with van der Waals surface area (Å²) in [6.07, 6.45) is 1.97. The third kappa shape index (κ3) is 4.09. The topological polar surface area (TPSA) is 29.9 Å². The average Bonchev–Trinajstić information content (AvgIpc) is 2.69. The molecule has 0 saturated heterocycles. The van der Waals surface area contributed by atoms with Crippen LogP contribution in [0.25, 0.3) is 0 Å². The van der Waals surface area contributed by atoms with Crippen molar-refractivity contribution in [3.05, 3.63) is 50.7 Å². The average molecular weight is 371 g/mol. The summed E-state index contributed by atoms with van der Waals surface area (Å²) in [5, 5.41) is 8.85. The molecule has 1 N–H and O–H groups in total. The maximum absolute atomic E-state index is 6.14. The standard InChI is InChI=1S/C16H21BrClN3/c1-4-8-19-14(12-6-5-7-13(18)9-12)10-15-16(17)11(2)20-21(15)3/h5-7,9,14,19H,4,8,10H2,1-3H3. The first-order valence-corrected chi connectivity index (χ1v) is 8.36. The number of benzene rings is 1. The number of hydrogen-bond acceptors (Lipinski definition) is 2. The van der Waals surface area contributed by atoms with Crippen LogP contribution in [0.3, 0.4) is 0 Å². The van der Waals surface area contributed by atoms with Gasteiger partial charge in [-0.3, -0.25) is 4.68 Å². The van der Waals surface area contributed by atoms with Crippen molar-refractivity contribution in [3.63, 3.8) is 0 Å². The Morgan fingerprint density at radius 3 is 2.76 bits per heavy atom. The van der Waals surface area contributed by atoms with E-state index in [0.29, 0.717) is 0 Å². The van der Waals surface area contributed by atoms with Gasteiger partial charge >= 0.3 is 0 Å². The molecule has 3 nitrogen and oxygen atoms in total. The van der Waals surface area contributed by atoms with Gasteiger partial charge in [-0.15, -0.1) is 0 Å². The van der Waals surface area contributed by atoms with Crippen LogP contribution in [0.15, 0.2) is 28.7 Å². The summed E-state index contributed by atoms with van der Waals surface area (Å²) >= 11 is 9.79. The number of aromatic nitrogens is 2. The normalized spacial score (nSPS) is 12.6. The van der Waals surface area contributed by atoms with Crippen molar-refractivity contribution in [3.8, 4) is 0 Å². The molecule has 21 heavy (non-hydrogen) atoms. The summed E-state index contributed by atoms with van der Waals surface area (Å²) < 4.78 is 3.04. The van der Waals surface area contributed by atoms with Gasteiger partial charge in [-0.2, -0.15) is 5.10 Å². The Hall–Kier alpha value is -0.840. The SMILES string of the molecule is CCCNC(Cc1c(Br)c(C)nn1C)c1cccc(Cl)c1. The maximum atomic E-state index is 6.14. The van der Waals surface area contributed by atoms with Gasteiger partial charge in [0.05, 0.1) is 15.9 Å². The molecule has 0 radical (unpaired) electrons. The molecule has 0 aliphatic carbocycles. The fourth-order valence-corrected chi connectivity index (χ4v) is 3.14. The number of aryl methyl sites for hydroxylation is 2. The fraction of sp³-hybridized carbons (Fsp3) is 0.438. The third-order valence-electron chi connectivity index (χ3n) is 3.55. The predicted octanol–water partition coefficient (Wildman–Crippen LogP) is 4.43. The van der Waals surface area contributed by atoms with Gasteiger partial charge in [-0.25, -0.2) is 0 Å². The van der Waals surface area contributed by atoms with Gasteiger partial charge in [0.15, 0.2) is 0 Å². The van der Waals surface area contributed by atoms with Gasteiger partial charge < -0.3 is 5.32 Å². The zero-order chi connectivity index (χ0) is 15.4. The largest absolute Gasteiger partial charge is 0.310 e. The Kier molecular flexibility index (Phi) is 5.85. The van der Waals surface area contributed by atoms with E-state index >= 15 is 0 Å². The highest BCUT2D eigenvalue weighted by atomic mass is 79.9. The molecule has 0 spiro atoms.